The Morgan fingerprint density at radius 1 is 0.344 bits per heavy atom. The Morgan fingerprint density at radius 3 is 1.53 bits per heavy atom. The Balaban J connectivity index is 1.04. The maximum absolute atomic E-state index is 6.88. The summed E-state index contributed by atoms with van der Waals surface area (Å²) in [7, 11) is 0. The van der Waals surface area contributed by atoms with Gasteiger partial charge in [-0.15, -0.1) is 0 Å². The third-order valence-electron chi connectivity index (χ3n) is 11.6. The molecule has 64 heavy (non-hydrogen) atoms. The number of rotatable bonds is 6. The number of anilines is 6. The highest BCUT2D eigenvalue weighted by Crippen LogP contribution is 2.55. The average molecular weight is 899 g/mol. The summed E-state index contributed by atoms with van der Waals surface area (Å²) in [5.74, 6) is 2.70. The normalized spacial score (nSPS) is 13.1. The number of para-hydroxylation sites is 3. The molecule has 0 spiro atoms. The molecule has 0 aliphatic carbocycles. The molecule has 9 aromatic carbocycles. The van der Waals surface area contributed by atoms with Crippen molar-refractivity contribution >= 4 is 103 Å². The Morgan fingerprint density at radius 2 is 0.859 bits per heavy atom. The molecule has 0 amide bonds. The molecule has 0 radical (unpaired) electrons. The summed E-state index contributed by atoms with van der Waals surface area (Å²) in [6, 6.07) is 66.6. The molecule has 0 bridgehead atoms. The molecule has 0 atom stereocenters. The Hall–Kier alpha value is -6.62. The van der Waals surface area contributed by atoms with E-state index in [1.807, 2.05) is 83.4 Å². The molecule has 5 nitrogen and oxygen atoms in total. The van der Waals surface area contributed by atoms with Crippen LogP contribution >= 0.6 is 47.0 Å². The smallest absolute Gasteiger partial charge is 0.172 e. The average Bonchev–Trinajstić information content (AvgIpc) is 3.71. The van der Waals surface area contributed by atoms with Crippen LogP contribution in [0.5, 0.6) is 23.0 Å². The predicted octanol–water partition coefficient (Wildman–Crippen LogP) is 18.0. The predicted molar refractivity (Wildman–Crippen MR) is 264 cm³/mol. The van der Waals surface area contributed by atoms with E-state index in [1.54, 1.807) is 0 Å². The van der Waals surface area contributed by atoms with Crippen molar-refractivity contribution in [2.45, 2.75) is 46.1 Å². The maximum atomic E-state index is 6.88. The van der Waals surface area contributed by atoms with E-state index < -0.39 is 0 Å². The van der Waals surface area contributed by atoms with E-state index in [0.717, 1.165) is 56.1 Å². The van der Waals surface area contributed by atoms with Gasteiger partial charge >= 0.3 is 0 Å². The molecule has 0 N–H and O–H groups in total. The maximum Gasteiger partial charge on any atom is 0.172 e. The number of aryl methyl sites for hydroxylation is 1. The van der Waals surface area contributed by atoms with Crippen LogP contribution in [0.1, 0.15) is 5.56 Å². The van der Waals surface area contributed by atoms with E-state index >= 15 is 0 Å². The molecule has 306 valence electrons. The zero-order valence-corrected chi connectivity index (χ0v) is 37.4. The van der Waals surface area contributed by atoms with Crippen molar-refractivity contribution in [3.05, 3.63) is 194 Å². The molecular weight excluding hydrogens is 865 g/mol. The highest BCUT2D eigenvalue weighted by atomic mass is 32.2. The summed E-state index contributed by atoms with van der Waals surface area (Å²) in [6.07, 6.45) is 0. The minimum atomic E-state index is 0.648. The molecule has 3 aliphatic rings. The van der Waals surface area contributed by atoms with Gasteiger partial charge in [0.15, 0.2) is 23.0 Å². The number of hydrogen-bond donors (Lipinski definition) is 0. The van der Waals surface area contributed by atoms with E-state index in [2.05, 4.69) is 168 Å². The van der Waals surface area contributed by atoms with Gasteiger partial charge in [-0.25, -0.2) is 0 Å². The van der Waals surface area contributed by atoms with Crippen LogP contribution in [0.2, 0.25) is 0 Å². The lowest BCUT2D eigenvalue weighted by atomic mass is 10.0. The number of nitrogens with zero attached hydrogens (tertiary/aromatic N) is 2. The lowest BCUT2D eigenvalue weighted by Gasteiger charge is -2.32. The van der Waals surface area contributed by atoms with Crippen LogP contribution in [0, 0.1) is 6.92 Å². The lowest BCUT2D eigenvalue weighted by Crippen LogP contribution is -2.14. The van der Waals surface area contributed by atoms with Crippen molar-refractivity contribution in [1.29, 1.82) is 0 Å². The first-order valence-corrected chi connectivity index (χ1v) is 24.2. The number of hydrogen-bond acceptors (Lipinski definition) is 9. The van der Waals surface area contributed by atoms with Crippen molar-refractivity contribution in [1.82, 2.24) is 0 Å². The quantitative estimate of drug-likeness (QED) is 0.162. The van der Waals surface area contributed by atoms with E-state index in [-0.39, 0.29) is 0 Å². The van der Waals surface area contributed by atoms with E-state index in [4.69, 9.17) is 13.9 Å². The third kappa shape index (κ3) is 6.53. The topological polar surface area (TPSA) is 38.1 Å². The van der Waals surface area contributed by atoms with Crippen molar-refractivity contribution in [2.75, 3.05) is 9.80 Å². The number of furan rings is 1. The summed E-state index contributed by atoms with van der Waals surface area (Å²) in [4.78, 5) is 14.7. The highest BCUT2D eigenvalue weighted by molar-refractivity contribution is 8.05. The monoisotopic (exact) mass is 898 g/mol. The SMILES string of the molecule is Cc1cccc(N(c2ccc3c(c2)Sc2ccccc2S3)c2cc(N(c3ccc4c(c3)Oc3ccccc3O4)c3ccc4c(c3)Sc3ccccc3S4)c3c(c2)oc2ccccc23)c1. The number of benzene rings is 9. The molecule has 10 aromatic rings. The molecule has 4 heterocycles. The van der Waals surface area contributed by atoms with Gasteiger partial charge in [0.2, 0.25) is 0 Å². The lowest BCUT2D eigenvalue weighted by molar-refractivity contribution is 0.360. The molecule has 3 aliphatic heterocycles. The van der Waals surface area contributed by atoms with Gasteiger partial charge in [0.25, 0.3) is 0 Å². The number of fused-ring (bicyclic) bond motifs is 9. The minimum absolute atomic E-state index is 0.648. The summed E-state index contributed by atoms with van der Waals surface area (Å²) in [5.41, 5.74) is 8.77. The second kappa shape index (κ2) is 15.3. The summed E-state index contributed by atoms with van der Waals surface area (Å²) in [5, 5.41) is 2.05. The summed E-state index contributed by atoms with van der Waals surface area (Å²) >= 11 is 7.30. The van der Waals surface area contributed by atoms with Crippen LogP contribution in [0.15, 0.2) is 232 Å². The van der Waals surface area contributed by atoms with Gasteiger partial charge in [0.1, 0.15) is 11.2 Å². The molecule has 0 saturated carbocycles. The van der Waals surface area contributed by atoms with Gasteiger partial charge in [-0.2, -0.15) is 0 Å². The van der Waals surface area contributed by atoms with Gasteiger partial charge < -0.3 is 23.7 Å². The first kappa shape index (κ1) is 37.9. The van der Waals surface area contributed by atoms with Crippen molar-refractivity contribution in [3.8, 4) is 23.0 Å². The van der Waals surface area contributed by atoms with E-state index in [0.29, 0.717) is 23.0 Å². The van der Waals surface area contributed by atoms with Crippen LogP contribution in [-0.4, -0.2) is 0 Å². The van der Waals surface area contributed by atoms with Crippen LogP contribution in [0.25, 0.3) is 21.9 Å². The molecular formula is C55H34N2O3S4. The fourth-order valence-corrected chi connectivity index (χ4v) is 13.2. The third-order valence-corrected chi connectivity index (χ3v) is 16.7. The van der Waals surface area contributed by atoms with Crippen LogP contribution in [0.4, 0.5) is 34.1 Å². The molecule has 0 fully saturated rings. The van der Waals surface area contributed by atoms with Crippen molar-refractivity contribution in [3.63, 3.8) is 0 Å². The van der Waals surface area contributed by atoms with Crippen molar-refractivity contribution in [2.24, 2.45) is 0 Å². The zero-order valence-electron chi connectivity index (χ0n) is 34.2. The second-order valence-corrected chi connectivity index (χ2v) is 20.1. The van der Waals surface area contributed by atoms with Gasteiger partial charge in [0.05, 0.1) is 22.4 Å². The number of ether oxygens (including phenoxy) is 2. The molecule has 9 heteroatoms. The van der Waals surface area contributed by atoms with Gasteiger partial charge in [0, 0.05) is 73.7 Å². The van der Waals surface area contributed by atoms with Crippen LogP contribution < -0.4 is 19.3 Å². The standard InChI is InChI=1S/C55H34N2O3S4/c1-33-11-10-12-34(27-33)56(36-22-25-51-53(31-36)63-49-19-8-6-17-47(49)61-51)38-28-40(55-39-13-2-3-14-41(39)58-46(55)30-38)57(35-21-24-44-45(29-35)60-43-16-5-4-15-42(43)59-44)37-23-26-52-54(32-37)64-50-20-9-7-18-48(50)62-52/h2-32H,1H3. The molecule has 0 unspecified atom stereocenters. The summed E-state index contributed by atoms with van der Waals surface area (Å²) < 4.78 is 19.8. The highest BCUT2D eigenvalue weighted by Gasteiger charge is 2.28. The van der Waals surface area contributed by atoms with Gasteiger partial charge in [-0.1, -0.05) is 114 Å². The molecule has 0 saturated heterocycles. The van der Waals surface area contributed by atoms with E-state index in [1.165, 1.54) is 44.7 Å². The van der Waals surface area contributed by atoms with Crippen LogP contribution in [-0.2, 0) is 0 Å². The van der Waals surface area contributed by atoms with Crippen molar-refractivity contribution < 1.29 is 13.9 Å². The zero-order chi connectivity index (χ0) is 42.3. The van der Waals surface area contributed by atoms with Crippen LogP contribution in [0.3, 0.4) is 0 Å². The minimum Gasteiger partial charge on any atom is -0.456 e. The largest absolute Gasteiger partial charge is 0.456 e. The fourth-order valence-electron chi connectivity index (χ4n) is 8.73. The summed E-state index contributed by atoms with van der Waals surface area (Å²) in [6.45, 7) is 2.15. The molecule has 13 rings (SSSR count). The fraction of sp³-hybridized carbons (Fsp3) is 0.0182. The first-order valence-electron chi connectivity index (χ1n) is 20.9. The van der Waals surface area contributed by atoms with Gasteiger partial charge in [-0.3, -0.25) is 0 Å². The Bertz CT molecular complexity index is 3430. The first-order chi connectivity index (χ1) is 31.6. The Kier molecular flexibility index (Phi) is 9.05. The van der Waals surface area contributed by atoms with Gasteiger partial charge in [-0.05, 0) is 122 Å². The van der Waals surface area contributed by atoms with E-state index in [9.17, 15) is 0 Å². The Labute approximate surface area is 387 Å². The second-order valence-electron chi connectivity index (χ2n) is 15.8. The molecule has 1 aromatic heterocycles.